The summed E-state index contributed by atoms with van der Waals surface area (Å²) in [6.45, 7) is 3.52. The van der Waals surface area contributed by atoms with Crippen LogP contribution >= 0.6 is 0 Å². The van der Waals surface area contributed by atoms with Crippen LogP contribution in [-0.4, -0.2) is 43.4 Å². The highest BCUT2D eigenvalue weighted by Crippen LogP contribution is 2.11. The lowest BCUT2D eigenvalue weighted by atomic mass is 10.2. The van der Waals surface area contributed by atoms with E-state index in [4.69, 9.17) is 5.73 Å². The molecule has 0 fully saturated rings. The Kier molecular flexibility index (Phi) is 6.52. The summed E-state index contributed by atoms with van der Waals surface area (Å²) in [6, 6.07) is 7.04. The molecule has 1 aromatic rings. The highest BCUT2D eigenvalue weighted by atomic mass is 16.2. The first-order chi connectivity index (χ1) is 9.55. The highest BCUT2D eigenvalue weighted by molar-refractivity contribution is 5.91. The number of nitrogens with one attached hydrogen (secondary N) is 2. The molecule has 4 N–H and O–H groups in total. The normalized spacial score (nSPS) is 10.3. The average molecular weight is 278 g/mol. The molecule has 6 heteroatoms. The van der Waals surface area contributed by atoms with Gasteiger partial charge in [0.2, 0.25) is 11.8 Å². The number of carbonyl (C=O) groups is 2. The van der Waals surface area contributed by atoms with Gasteiger partial charge in [0.15, 0.2) is 0 Å². The molecule has 0 bridgehead atoms. The minimum absolute atomic E-state index is 0.0527. The second-order valence-electron chi connectivity index (χ2n) is 4.47. The number of nitrogen functional groups attached to an aromatic ring is 1. The topological polar surface area (TPSA) is 87.5 Å². The molecule has 1 aromatic carbocycles. The van der Waals surface area contributed by atoms with Gasteiger partial charge in [-0.2, -0.15) is 0 Å². The molecule has 0 radical (unpaired) electrons. The predicted molar refractivity (Wildman–Crippen MR) is 80.3 cm³/mol. The molecule has 0 saturated heterocycles. The van der Waals surface area contributed by atoms with E-state index in [-0.39, 0.29) is 11.8 Å². The summed E-state index contributed by atoms with van der Waals surface area (Å²) >= 11 is 0. The first kappa shape index (κ1) is 16.0. The number of anilines is 2. The summed E-state index contributed by atoms with van der Waals surface area (Å²) in [4.78, 5) is 25.0. The Morgan fingerprint density at radius 3 is 2.65 bits per heavy atom. The monoisotopic (exact) mass is 278 g/mol. The second kappa shape index (κ2) is 8.16. The van der Waals surface area contributed by atoms with Gasteiger partial charge in [-0.05, 0) is 24.7 Å². The molecule has 0 aliphatic rings. The molecule has 6 nitrogen and oxygen atoms in total. The Bertz CT molecular complexity index is 462. The lowest BCUT2D eigenvalue weighted by molar-refractivity contribution is -0.122. The van der Waals surface area contributed by atoms with Gasteiger partial charge in [0, 0.05) is 31.4 Å². The van der Waals surface area contributed by atoms with Gasteiger partial charge in [0.05, 0.1) is 6.54 Å². The van der Waals surface area contributed by atoms with E-state index in [2.05, 4.69) is 10.6 Å². The zero-order chi connectivity index (χ0) is 15.0. The van der Waals surface area contributed by atoms with Crippen LogP contribution in [0, 0.1) is 0 Å². The van der Waals surface area contributed by atoms with Crippen LogP contribution in [0.4, 0.5) is 11.4 Å². The first-order valence-electron chi connectivity index (χ1n) is 6.63. The summed E-state index contributed by atoms with van der Waals surface area (Å²) in [6.07, 6.45) is 0.333. The Morgan fingerprint density at radius 2 is 2.05 bits per heavy atom. The quantitative estimate of drug-likeness (QED) is 0.640. The van der Waals surface area contributed by atoms with Gasteiger partial charge in [0.1, 0.15) is 0 Å². The Hall–Kier alpha value is -2.08. The van der Waals surface area contributed by atoms with E-state index in [1.54, 1.807) is 31.3 Å². The fraction of sp³-hybridized carbons (Fsp3) is 0.429. The third-order valence-corrected chi connectivity index (χ3v) is 2.92. The van der Waals surface area contributed by atoms with Crippen LogP contribution in [0.5, 0.6) is 0 Å². The van der Waals surface area contributed by atoms with Crippen LogP contribution < -0.4 is 16.4 Å². The fourth-order valence-corrected chi connectivity index (χ4v) is 1.73. The van der Waals surface area contributed by atoms with Crippen molar-refractivity contribution in [3.05, 3.63) is 24.3 Å². The van der Waals surface area contributed by atoms with Crippen molar-refractivity contribution in [3.8, 4) is 0 Å². The lowest BCUT2D eigenvalue weighted by Gasteiger charge is -2.18. The predicted octanol–water partition coefficient (Wildman–Crippen LogP) is 0.665. The van der Waals surface area contributed by atoms with Crippen LogP contribution in [0.25, 0.3) is 0 Å². The van der Waals surface area contributed by atoms with Gasteiger partial charge in [-0.1, -0.05) is 13.0 Å². The summed E-state index contributed by atoms with van der Waals surface area (Å²) in [7, 11) is 1.60. The number of hydrogen-bond acceptors (Lipinski definition) is 4. The van der Waals surface area contributed by atoms with Crippen LogP contribution in [0.2, 0.25) is 0 Å². The molecule has 0 unspecified atom stereocenters. The Morgan fingerprint density at radius 1 is 1.30 bits per heavy atom. The maximum atomic E-state index is 11.8. The van der Waals surface area contributed by atoms with E-state index in [1.807, 2.05) is 11.8 Å². The van der Waals surface area contributed by atoms with Crippen LogP contribution in [0.15, 0.2) is 24.3 Å². The molecular weight excluding hydrogens is 256 g/mol. The summed E-state index contributed by atoms with van der Waals surface area (Å²) in [5.41, 5.74) is 6.94. The SMILES string of the molecule is CCN(CCC(=O)Nc1cccc(N)c1)CC(=O)NC. The summed E-state index contributed by atoms with van der Waals surface area (Å²) in [5, 5.41) is 5.35. The third kappa shape index (κ3) is 5.71. The van der Waals surface area contributed by atoms with Crippen molar-refractivity contribution in [1.82, 2.24) is 10.2 Å². The standard InChI is InChI=1S/C14H22N4O2/c1-3-18(10-14(20)16-2)8-7-13(19)17-12-6-4-5-11(15)9-12/h4-6,9H,3,7-8,10,15H2,1-2H3,(H,16,20)(H,17,19). The molecule has 2 amide bonds. The summed E-state index contributed by atoms with van der Waals surface area (Å²) in [5.74, 6) is -0.144. The maximum Gasteiger partial charge on any atom is 0.233 e. The van der Waals surface area contributed by atoms with Crippen molar-refractivity contribution in [1.29, 1.82) is 0 Å². The van der Waals surface area contributed by atoms with Gasteiger partial charge in [-0.3, -0.25) is 14.5 Å². The molecule has 0 saturated carbocycles. The summed E-state index contributed by atoms with van der Waals surface area (Å²) < 4.78 is 0. The molecule has 0 aromatic heterocycles. The largest absolute Gasteiger partial charge is 0.399 e. The van der Waals surface area contributed by atoms with Crippen molar-refractivity contribution in [2.75, 3.05) is 37.7 Å². The Labute approximate surface area is 119 Å². The molecule has 0 aliphatic heterocycles. The van der Waals surface area contributed by atoms with Crippen LogP contribution in [0.3, 0.4) is 0 Å². The number of rotatable bonds is 7. The molecule has 20 heavy (non-hydrogen) atoms. The number of amides is 2. The van der Waals surface area contributed by atoms with E-state index in [1.165, 1.54) is 0 Å². The van der Waals surface area contributed by atoms with E-state index in [0.717, 1.165) is 6.54 Å². The van der Waals surface area contributed by atoms with Gasteiger partial charge in [-0.25, -0.2) is 0 Å². The van der Waals surface area contributed by atoms with Crippen LogP contribution in [-0.2, 0) is 9.59 Å². The first-order valence-corrected chi connectivity index (χ1v) is 6.63. The number of carbonyl (C=O) groups excluding carboxylic acids is 2. The number of nitrogens with two attached hydrogens (primary N) is 1. The van der Waals surface area contributed by atoms with Crippen molar-refractivity contribution in [3.63, 3.8) is 0 Å². The van der Waals surface area contributed by atoms with E-state index in [9.17, 15) is 9.59 Å². The molecule has 0 atom stereocenters. The zero-order valence-electron chi connectivity index (χ0n) is 12.0. The van der Waals surface area contributed by atoms with Crippen molar-refractivity contribution >= 4 is 23.2 Å². The number of nitrogens with zero attached hydrogens (tertiary/aromatic N) is 1. The van der Waals surface area contributed by atoms with Gasteiger partial charge in [-0.15, -0.1) is 0 Å². The minimum Gasteiger partial charge on any atom is -0.399 e. The molecular formula is C14H22N4O2. The lowest BCUT2D eigenvalue weighted by Crippen LogP contribution is -2.37. The van der Waals surface area contributed by atoms with Gasteiger partial charge < -0.3 is 16.4 Å². The van der Waals surface area contributed by atoms with Crippen molar-refractivity contribution in [2.45, 2.75) is 13.3 Å². The number of benzene rings is 1. The minimum atomic E-state index is -0.0917. The number of likely N-dealkylation sites (N-methyl/N-ethyl adjacent to an activating group) is 2. The average Bonchev–Trinajstić information content (AvgIpc) is 2.43. The molecule has 1 rings (SSSR count). The zero-order valence-corrected chi connectivity index (χ0v) is 12.0. The molecule has 0 spiro atoms. The van der Waals surface area contributed by atoms with Crippen LogP contribution in [0.1, 0.15) is 13.3 Å². The molecule has 110 valence electrons. The van der Waals surface area contributed by atoms with E-state index < -0.39 is 0 Å². The highest BCUT2D eigenvalue weighted by Gasteiger charge is 2.10. The molecule has 0 aliphatic carbocycles. The van der Waals surface area contributed by atoms with Crippen molar-refractivity contribution < 1.29 is 9.59 Å². The van der Waals surface area contributed by atoms with E-state index >= 15 is 0 Å². The van der Waals surface area contributed by atoms with E-state index in [0.29, 0.717) is 30.9 Å². The van der Waals surface area contributed by atoms with Gasteiger partial charge in [0.25, 0.3) is 0 Å². The molecule has 0 heterocycles. The third-order valence-electron chi connectivity index (χ3n) is 2.92. The smallest absolute Gasteiger partial charge is 0.233 e. The van der Waals surface area contributed by atoms with Crippen molar-refractivity contribution in [2.24, 2.45) is 0 Å². The van der Waals surface area contributed by atoms with Gasteiger partial charge >= 0.3 is 0 Å². The number of hydrogen-bond donors (Lipinski definition) is 3. The maximum absolute atomic E-state index is 11.8. The second-order valence-corrected chi connectivity index (χ2v) is 4.47. The Balaban J connectivity index is 2.40. The fourth-order valence-electron chi connectivity index (χ4n) is 1.73.